The molecular formula is C11H23NOS. The maximum absolute atomic E-state index is 5.50. The molecule has 1 saturated carbocycles. The minimum absolute atomic E-state index is 0.358. The third kappa shape index (κ3) is 4.20. The highest BCUT2D eigenvalue weighted by molar-refractivity contribution is 7.99. The third-order valence-corrected chi connectivity index (χ3v) is 3.88. The summed E-state index contributed by atoms with van der Waals surface area (Å²) in [7, 11) is 0. The Bertz CT molecular complexity index is 152. The van der Waals surface area contributed by atoms with Crippen LogP contribution in [0.25, 0.3) is 0 Å². The predicted molar refractivity (Wildman–Crippen MR) is 64.0 cm³/mol. The van der Waals surface area contributed by atoms with Crippen LogP contribution >= 0.6 is 11.8 Å². The summed E-state index contributed by atoms with van der Waals surface area (Å²) in [5.41, 5.74) is 0. The van der Waals surface area contributed by atoms with Crippen LogP contribution in [0, 0.1) is 0 Å². The molecule has 3 heteroatoms. The van der Waals surface area contributed by atoms with Gasteiger partial charge in [0.2, 0.25) is 0 Å². The van der Waals surface area contributed by atoms with Crippen molar-refractivity contribution in [1.82, 2.24) is 5.32 Å². The molecule has 84 valence electrons. The lowest BCUT2D eigenvalue weighted by atomic mass is 10.2. The van der Waals surface area contributed by atoms with Crippen LogP contribution < -0.4 is 5.32 Å². The lowest BCUT2D eigenvalue weighted by Gasteiger charge is -2.19. The topological polar surface area (TPSA) is 21.3 Å². The molecule has 0 heterocycles. The van der Waals surface area contributed by atoms with E-state index in [4.69, 9.17) is 4.74 Å². The molecule has 0 saturated heterocycles. The highest BCUT2D eigenvalue weighted by atomic mass is 32.2. The van der Waals surface area contributed by atoms with Crippen molar-refractivity contribution >= 4 is 11.8 Å². The largest absolute Gasteiger partial charge is 0.377 e. The van der Waals surface area contributed by atoms with Crippen LogP contribution in [0.3, 0.4) is 0 Å². The molecule has 1 rings (SSSR count). The summed E-state index contributed by atoms with van der Waals surface area (Å²) in [5, 5.41) is 4.42. The first-order valence-electron chi connectivity index (χ1n) is 5.62. The van der Waals surface area contributed by atoms with Crippen molar-refractivity contribution in [3.05, 3.63) is 0 Å². The number of rotatable bonds is 6. The Labute approximate surface area is 92.2 Å². The highest BCUT2D eigenvalue weighted by Gasteiger charge is 2.25. The van der Waals surface area contributed by atoms with Crippen molar-refractivity contribution in [3.8, 4) is 0 Å². The van der Waals surface area contributed by atoms with E-state index in [1.807, 2.05) is 11.8 Å². The lowest BCUT2D eigenvalue weighted by Crippen LogP contribution is -2.36. The average molecular weight is 217 g/mol. The fourth-order valence-electron chi connectivity index (χ4n) is 1.98. The van der Waals surface area contributed by atoms with Gasteiger partial charge in [-0.1, -0.05) is 6.42 Å². The molecule has 0 amide bonds. The van der Waals surface area contributed by atoms with E-state index in [9.17, 15) is 0 Å². The summed E-state index contributed by atoms with van der Waals surface area (Å²) in [4.78, 5) is 0. The van der Waals surface area contributed by atoms with Crippen molar-refractivity contribution < 1.29 is 4.74 Å². The van der Waals surface area contributed by atoms with Gasteiger partial charge in [0, 0.05) is 17.8 Å². The Balaban J connectivity index is 2.05. The molecule has 0 aromatic rings. The fourth-order valence-corrected chi connectivity index (χ4v) is 2.94. The Morgan fingerprint density at radius 1 is 1.43 bits per heavy atom. The number of thioether (sulfide) groups is 1. The van der Waals surface area contributed by atoms with Gasteiger partial charge in [0.1, 0.15) is 0 Å². The Morgan fingerprint density at radius 3 is 2.86 bits per heavy atom. The van der Waals surface area contributed by atoms with Crippen LogP contribution in [-0.2, 0) is 4.74 Å². The summed E-state index contributed by atoms with van der Waals surface area (Å²) in [6.07, 6.45) is 6.68. The molecule has 0 spiro atoms. The average Bonchev–Trinajstić information content (AvgIpc) is 2.59. The molecule has 1 N–H and O–H groups in total. The summed E-state index contributed by atoms with van der Waals surface area (Å²) in [6.45, 7) is 6.01. The van der Waals surface area contributed by atoms with Gasteiger partial charge in [0.15, 0.2) is 0 Å². The molecule has 2 unspecified atom stereocenters. The minimum atomic E-state index is 0.358. The van der Waals surface area contributed by atoms with Gasteiger partial charge in [0.05, 0.1) is 12.7 Å². The van der Waals surface area contributed by atoms with Crippen LogP contribution in [0.4, 0.5) is 0 Å². The van der Waals surface area contributed by atoms with Crippen molar-refractivity contribution in [2.24, 2.45) is 0 Å². The zero-order valence-corrected chi connectivity index (χ0v) is 10.4. The molecular weight excluding hydrogens is 194 g/mol. The van der Waals surface area contributed by atoms with Gasteiger partial charge in [-0.25, -0.2) is 0 Å². The number of hydrogen-bond donors (Lipinski definition) is 1. The molecule has 2 atom stereocenters. The van der Waals surface area contributed by atoms with E-state index in [1.54, 1.807) is 0 Å². The monoisotopic (exact) mass is 217 g/mol. The molecule has 1 aliphatic rings. The first-order chi connectivity index (χ1) is 6.74. The van der Waals surface area contributed by atoms with Crippen molar-refractivity contribution in [3.63, 3.8) is 0 Å². The highest BCUT2D eigenvalue weighted by Crippen LogP contribution is 2.28. The second-order valence-electron chi connectivity index (χ2n) is 4.19. The van der Waals surface area contributed by atoms with Gasteiger partial charge in [-0.3, -0.25) is 0 Å². The number of ether oxygens (including phenoxy) is 1. The molecule has 0 bridgehead atoms. The van der Waals surface area contributed by atoms with E-state index in [0.29, 0.717) is 6.10 Å². The molecule has 0 aliphatic heterocycles. The van der Waals surface area contributed by atoms with Crippen LogP contribution in [0.2, 0.25) is 0 Å². The summed E-state index contributed by atoms with van der Waals surface area (Å²) in [5.74, 6) is 0. The SMILES string of the molecule is CSC1CCCC1NCCOC(C)C. The summed E-state index contributed by atoms with van der Waals surface area (Å²) < 4.78 is 5.50. The number of nitrogens with one attached hydrogen (secondary N) is 1. The predicted octanol–water partition coefficient (Wildman–Crippen LogP) is 2.29. The molecule has 14 heavy (non-hydrogen) atoms. The quantitative estimate of drug-likeness (QED) is 0.690. The third-order valence-electron chi connectivity index (χ3n) is 2.72. The molecule has 0 aromatic heterocycles. The maximum Gasteiger partial charge on any atom is 0.0594 e. The van der Waals surface area contributed by atoms with E-state index >= 15 is 0 Å². The van der Waals surface area contributed by atoms with E-state index < -0.39 is 0 Å². The van der Waals surface area contributed by atoms with Gasteiger partial charge >= 0.3 is 0 Å². The van der Waals surface area contributed by atoms with Crippen molar-refractivity contribution in [2.75, 3.05) is 19.4 Å². The first kappa shape index (κ1) is 12.3. The lowest BCUT2D eigenvalue weighted by molar-refractivity contribution is 0.0795. The Hall–Kier alpha value is 0.270. The van der Waals surface area contributed by atoms with Gasteiger partial charge in [-0.05, 0) is 32.9 Å². The van der Waals surface area contributed by atoms with Gasteiger partial charge in [0.25, 0.3) is 0 Å². The van der Waals surface area contributed by atoms with Crippen molar-refractivity contribution in [1.29, 1.82) is 0 Å². The first-order valence-corrected chi connectivity index (χ1v) is 6.90. The van der Waals surface area contributed by atoms with Gasteiger partial charge in [-0.15, -0.1) is 0 Å². The Kier molecular flexibility index (Phi) is 5.90. The normalized spacial score (nSPS) is 27.4. The zero-order valence-electron chi connectivity index (χ0n) is 9.58. The number of hydrogen-bond acceptors (Lipinski definition) is 3. The second-order valence-corrected chi connectivity index (χ2v) is 5.26. The van der Waals surface area contributed by atoms with Crippen molar-refractivity contribution in [2.45, 2.75) is 50.5 Å². The standard InChI is InChI=1S/C11H23NOS/c1-9(2)13-8-7-12-10-5-4-6-11(10)14-3/h9-12H,4-8H2,1-3H3. The van der Waals surface area contributed by atoms with Crippen LogP contribution in [0.1, 0.15) is 33.1 Å². The minimum Gasteiger partial charge on any atom is -0.377 e. The summed E-state index contributed by atoms with van der Waals surface area (Å²) >= 11 is 2.00. The molecule has 0 aromatic carbocycles. The van der Waals surface area contributed by atoms with E-state index in [2.05, 4.69) is 25.4 Å². The van der Waals surface area contributed by atoms with E-state index in [0.717, 1.165) is 24.4 Å². The zero-order chi connectivity index (χ0) is 10.4. The smallest absolute Gasteiger partial charge is 0.0594 e. The second kappa shape index (κ2) is 6.70. The van der Waals surface area contributed by atoms with Crippen LogP contribution in [0.15, 0.2) is 0 Å². The van der Waals surface area contributed by atoms with E-state index in [-0.39, 0.29) is 0 Å². The summed E-state index contributed by atoms with van der Waals surface area (Å²) in [6, 6.07) is 0.723. The Morgan fingerprint density at radius 2 is 2.21 bits per heavy atom. The van der Waals surface area contributed by atoms with Crippen LogP contribution in [0.5, 0.6) is 0 Å². The fraction of sp³-hybridized carbons (Fsp3) is 1.00. The molecule has 1 fully saturated rings. The molecule has 1 aliphatic carbocycles. The van der Waals surface area contributed by atoms with Gasteiger partial charge in [-0.2, -0.15) is 11.8 Å². The molecule has 0 radical (unpaired) electrons. The van der Waals surface area contributed by atoms with E-state index in [1.165, 1.54) is 19.3 Å². The van der Waals surface area contributed by atoms with Crippen LogP contribution in [-0.4, -0.2) is 36.8 Å². The molecule has 2 nitrogen and oxygen atoms in total. The maximum atomic E-state index is 5.50. The van der Waals surface area contributed by atoms with Gasteiger partial charge < -0.3 is 10.1 Å².